The van der Waals surface area contributed by atoms with Gasteiger partial charge in [0.25, 0.3) is 0 Å². The van der Waals surface area contributed by atoms with Gasteiger partial charge in [0, 0.05) is 24.2 Å². The zero-order valence-electron chi connectivity index (χ0n) is 37.1. The molecule has 2 saturated heterocycles. The van der Waals surface area contributed by atoms with Crippen LogP contribution in [0.4, 0.5) is 9.59 Å². The Morgan fingerprint density at radius 3 is 1.52 bits per heavy atom. The van der Waals surface area contributed by atoms with Crippen LogP contribution < -0.4 is 10.6 Å². The summed E-state index contributed by atoms with van der Waals surface area (Å²) in [7, 11) is 2.41. The maximum atomic E-state index is 13.7. The third-order valence-corrected chi connectivity index (χ3v) is 12.5. The Kier molecular flexibility index (Phi) is 15.2. The van der Waals surface area contributed by atoms with Crippen molar-refractivity contribution in [2.75, 3.05) is 40.5 Å². The predicted molar refractivity (Wildman–Crippen MR) is 226 cm³/mol. The molecule has 16 heteroatoms. The van der Waals surface area contributed by atoms with Gasteiger partial charge < -0.3 is 39.4 Å². The van der Waals surface area contributed by atoms with Crippen LogP contribution in [0.3, 0.4) is 0 Å². The van der Waals surface area contributed by atoms with Crippen LogP contribution in [0, 0.1) is 11.8 Å². The minimum absolute atomic E-state index is 0.280. The maximum absolute atomic E-state index is 13.7. The van der Waals surface area contributed by atoms with E-state index in [-0.39, 0.29) is 17.6 Å². The van der Waals surface area contributed by atoms with E-state index in [1.165, 1.54) is 24.0 Å². The lowest BCUT2D eigenvalue weighted by Gasteiger charge is -2.36. The summed E-state index contributed by atoms with van der Waals surface area (Å²) in [6.45, 7) is 9.89. The van der Waals surface area contributed by atoms with Gasteiger partial charge in [0.1, 0.15) is 23.2 Å². The second-order valence-corrected chi connectivity index (χ2v) is 17.4. The summed E-state index contributed by atoms with van der Waals surface area (Å²) in [6.07, 6.45) is 3.43. The summed E-state index contributed by atoms with van der Waals surface area (Å²) < 4.78 is 20.5. The van der Waals surface area contributed by atoms with Gasteiger partial charge in [-0.1, -0.05) is 64.1 Å². The van der Waals surface area contributed by atoms with E-state index in [1.807, 2.05) is 18.2 Å². The molecular weight excluding hydrogens is 801 g/mol. The molecule has 2 aliphatic heterocycles. The van der Waals surface area contributed by atoms with Crippen LogP contribution in [0.25, 0.3) is 11.1 Å². The Hall–Kier alpha value is -5.80. The van der Waals surface area contributed by atoms with Crippen LogP contribution in [-0.2, 0) is 51.0 Å². The van der Waals surface area contributed by atoms with E-state index >= 15 is 0 Å². The molecule has 0 unspecified atom stereocenters. The normalized spacial score (nSPS) is 20.5. The Balaban J connectivity index is 1.23. The molecule has 0 saturated carbocycles. The van der Waals surface area contributed by atoms with Gasteiger partial charge in [-0.15, -0.1) is 0 Å². The number of ketones is 2. The van der Waals surface area contributed by atoms with Crippen molar-refractivity contribution in [2.24, 2.45) is 11.8 Å². The summed E-state index contributed by atoms with van der Waals surface area (Å²) in [6, 6.07) is 8.69. The highest BCUT2D eigenvalue weighted by molar-refractivity contribution is 6.02. The molecule has 1 aliphatic carbocycles. The van der Waals surface area contributed by atoms with Gasteiger partial charge in [-0.25, -0.2) is 19.2 Å². The Morgan fingerprint density at radius 1 is 0.613 bits per heavy atom. The third kappa shape index (κ3) is 9.94. The van der Waals surface area contributed by atoms with Crippen molar-refractivity contribution in [2.45, 2.75) is 116 Å². The Morgan fingerprint density at radius 2 is 1.06 bits per heavy atom. The molecule has 2 aromatic carbocycles. The zero-order valence-corrected chi connectivity index (χ0v) is 37.1. The van der Waals surface area contributed by atoms with Crippen LogP contribution in [0.15, 0.2) is 36.4 Å². The number of nitrogens with zero attached hydrogens (tertiary/aromatic N) is 2. The second-order valence-electron chi connectivity index (χ2n) is 17.4. The number of hydrogen-bond acceptors (Lipinski definition) is 12. The van der Waals surface area contributed by atoms with Crippen molar-refractivity contribution in [3.05, 3.63) is 58.7 Å². The Bertz CT molecular complexity index is 2070. The number of likely N-dealkylation sites (tertiary alicyclic amines) is 2. The average molecular weight is 861 g/mol. The number of esters is 2. The Labute approximate surface area is 362 Å². The van der Waals surface area contributed by atoms with Gasteiger partial charge in [-0.2, -0.15) is 0 Å². The topological polar surface area (TPSA) is 204 Å². The lowest BCUT2D eigenvalue weighted by atomic mass is 9.82. The molecule has 0 bridgehead atoms. The van der Waals surface area contributed by atoms with Crippen molar-refractivity contribution in [1.82, 2.24) is 20.4 Å². The van der Waals surface area contributed by atoms with Crippen molar-refractivity contribution < 1.29 is 57.3 Å². The smallest absolute Gasteiger partial charge is 0.407 e. The number of ether oxygens (including phenoxy) is 4. The molecule has 2 aromatic rings. The van der Waals surface area contributed by atoms with Crippen LogP contribution in [-0.4, -0.2) is 121 Å². The summed E-state index contributed by atoms with van der Waals surface area (Å²) in [5.74, 6) is -3.61. The summed E-state index contributed by atoms with van der Waals surface area (Å²) >= 11 is 0. The number of rotatable bonds is 15. The van der Waals surface area contributed by atoms with E-state index < -0.39 is 78.1 Å². The fraction of sp³-hybridized carbons (Fsp3) is 0.565. The molecule has 4 amide bonds. The summed E-state index contributed by atoms with van der Waals surface area (Å²) in [5, 5.41) is 5.12. The summed E-state index contributed by atoms with van der Waals surface area (Å²) in [4.78, 5) is 108. The van der Waals surface area contributed by atoms with Gasteiger partial charge in [0.2, 0.25) is 17.6 Å². The van der Waals surface area contributed by atoms with E-state index in [2.05, 4.69) is 15.4 Å². The highest BCUT2D eigenvalue weighted by Crippen LogP contribution is 2.36. The van der Waals surface area contributed by atoms with Gasteiger partial charge in [-0.05, 0) is 99.3 Å². The quantitative estimate of drug-likeness (QED) is 0.135. The largest absolute Gasteiger partial charge is 0.456 e. The van der Waals surface area contributed by atoms with E-state index in [0.717, 1.165) is 41.5 Å². The van der Waals surface area contributed by atoms with Crippen LogP contribution in [0.1, 0.15) is 112 Å². The summed E-state index contributed by atoms with van der Waals surface area (Å²) in [5.41, 5.74) is 1.77. The molecule has 62 heavy (non-hydrogen) atoms. The van der Waals surface area contributed by atoms with E-state index in [9.17, 15) is 38.4 Å². The minimum Gasteiger partial charge on any atom is -0.456 e. The molecule has 2 fully saturated rings. The molecule has 2 N–H and O–H groups in total. The lowest BCUT2D eigenvalue weighted by Crippen LogP contribution is -2.58. The van der Waals surface area contributed by atoms with Gasteiger partial charge in [-0.3, -0.25) is 19.2 Å². The number of benzene rings is 2. The fourth-order valence-corrected chi connectivity index (χ4v) is 8.76. The molecule has 16 nitrogen and oxygen atoms in total. The zero-order chi connectivity index (χ0) is 45.5. The predicted octanol–water partition coefficient (Wildman–Crippen LogP) is 5.21. The molecule has 5 rings (SSSR count). The minimum atomic E-state index is -1.32. The standard InChI is InChI=1S/C46H60N4O12/c1-27(2)37(47-43(57)59-7)39(53)49-23-11-21-45(49,5)41(55)61-25-35(51)30-17-15-29(16-18-30)31-19-20-34(33-14-10-9-13-32(31)33)36(52)26-62-42(56)46(6)22-12-24-50(46)40(54)38(28(3)4)48-44(58)60-8/h15-20,27-28,37-38H,9-14,21-26H2,1-8H3,(H,47,57)(H,48,58)/t37-,38-,45-,46-/m0/s1. The second kappa shape index (κ2) is 19.9. The van der Waals surface area contributed by atoms with Crippen molar-refractivity contribution in [1.29, 1.82) is 0 Å². The number of carbonyl (C=O) groups excluding carboxylic acids is 8. The lowest BCUT2D eigenvalue weighted by molar-refractivity contribution is -0.160. The molecule has 0 aromatic heterocycles. The van der Waals surface area contributed by atoms with Crippen molar-refractivity contribution in [3.8, 4) is 11.1 Å². The first kappa shape index (κ1) is 47.3. The van der Waals surface area contributed by atoms with E-state index in [0.29, 0.717) is 56.3 Å². The van der Waals surface area contributed by atoms with E-state index in [4.69, 9.17) is 14.2 Å². The molecule has 336 valence electrons. The average Bonchev–Trinajstić information content (AvgIpc) is 3.87. The number of nitrogens with one attached hydrogen (secondary N) is 2. The number of hydrogen-bond donors (Lipinski definition) is 2. The van der Waals surface area contributed by atoms with E-state index in [1.54, 1.807) is 59.7 Å². The number of carbonyl (C=O) groups is 8. The maximum Gasteiger partial charge on any atom is 0.407 e. The molecule has 0 spiro atoms. The van der Waals surface area contributed by atoms with Crippen molar-refractivity contribution >= 4 is 47.5 Å². The van der Waals surface area contributed by atoms with Crippen LogP contribution in [0.2, 0.25) is 0 Å². The van der Waals surface area contributed by atoms with Gasteiger partial charge >= 0.3 is 24.1 Å². The number of amides is 4. The number of fused-ring (bicyclic) bond motifs is 1. The van der Waals surface area contributed by atoms with Gasteiger partial charge in [0.15, 0.2) is 19.0 Å². The van der Waals surface area contributed by atoms with Crippen LogP contribution in [0.5, 0.6) is 0 Å². The SMILES string of the molecule is COC(=O)N[C@H](C(=O)N1CCC[C@@]1(C)C(=O)OCC(=O)c1ccc(-c2ccc(C(=O)COC(=O)[C@]3(C)CCCN3C(=O)[C@@H](NC(=O)OC)C(C)C)c3c2CCCC3)cc1)C(C)C. The highest BCUT2D eigenvalue weighted by atomic mass is 16.6. The molecule has 3 aliphatic rings. The number of methoxy groups -OCH3 is 2. The van der Waals surface area contributed by atoms with Crippen LogP contribution >= 0.6 is 0 Å². The number of Topliss-reactive ketones (excluding diaryl/α,β-unsaturated/α-hetero) is 2. The molecule has 2 heterocycles. The molecular formula is C46H60N4O12. The molecule has 4 atom stereocenters. The monoisotopic (exact) mass is 860 g/mol. The first-order valence-corrected chi connectivity index (χ1v) is 21.4. The first-order valence-electron chi connectivity index (χ1n) is 21.4. The number of alkyl carbamates (subject to hydrolysis) is 2. The fourth-order valence-electron chi connectivity index (χ4n) is 8.76. The first-order chi connectivity index (χ1) is 29.4. The van der Waals surface area contributed by atoms with Gasteiger partial charge in [0.05, 0.1) is 14.2 Å². The van der Waals surface area contributed by atoms with Crippen molar-refractivity contribution in [3.63, 3.8) is 0 Å². The third-order valence-electron chi connectivity index (χ3n) is 12.5. The highest BCUT2D eigenvalue weighted by Gasteiger charge is 2.50. The molecule has 0 radical (unpaired) electrons.